The van der Waals surface area contributed by atoms with Crippen LogP contribution in [0.5, 0.6) is 0 Å². The Kier molecular flexibility index (Phi) is 29.1. The molecular weight excluding hydrogens is 471 g/mol. The van der Waals surface area contributed by atoms with Gasteiger partial charge < -0.3 is 0 Å². The van der Waals surface area contributed by atoms with E-state index in [1.54, 1.807) is 0 Å². The quantitative estimate of drug-likeness (QED) is 0.0805. The molecule has 0 radical (unpaired) electrons. The average molecular weight is 536 g/mol. The Morgan fingerprint density at radius 1 is 0.438 bits per heavy atom. The SMILES string of the molecule is Br.CCCCCCCCCCCCCCCCC(CCCC)C(P)(CCCC)CCCC. The number of unbranched alkanes of at least 4 members (excludes halogenated alkanes) is 16. The standard InChI is InChI=1S/C30H63P.BrH/c1-5-9-13-14-15-16-17-18-19-20-21-22-23-24-26-29(25-10-6-2)30(31,27-11-7-3)28-12-8-4;/h29H,5-28,31H2,1-4H3;1H. The van der Waals surface area contributed by atoms with Crippen LogP contribution in [0.25, 0.3) is 0 Å². The van der Waals surface area contributed by atoms with Gasteiger partial charge in [-0.1, -0.05) is 156 Å². The summed E-state index contributed by atoms with van der Waals surface area (Å²) in [5.74, 6) is 0.938. The van der Waals surface area contributed by atoms with E-state index >= 15 is 0 Å². The van der Waals surface area contributed by atoms with Crippen LogP contribution in [-0.2, 0) is 0 Å². The zero-order valence-corrected chi connectivity index (χ0v) is 25.9. The third-order valence-electron chi connectivity index (χ3n) is 7.62. The predicted octanol–water partition coefficient (Wildman–Crippen LogP) is 12.2. The fourth-order valence-corrected chi connectivity index (χ4v) is 6.04. The first-order valence-electron chi connectivity index (χ1n) is 14.9. The molecule has 0 aliphatic heterocycles. The Labute approximate surface area is 218 Å². The van der Waals surface area contributed by atoms with Crippen LogP contribution < -0.4 is 0 Å². The maximum Gasteiger partial charge on any atom is -0.0122 e. The summed E-state index contributed by atoms with van der Waals surface area (Å²) in [5, 5.41) is 0.526. The van der Waals surface area contributed by atoms with Crippen molar-refractivity contribution in [2.45, 2.75) is 187 Å². The second kappa shape index (κ2) is 26.5. The summed E-state index contributed by atoms with van der Waals surface area (Å²) >= 11 is 0. The Morgan fingerprint density at radius 3 is 1.12 bits per heavy atom. The van der Waals surface area contributed by atoms with E-state index < -0.39 is 0 Å². The van der Waals surface area contributed by atoms with E-state index in [-0.39, 0.29) is 17.0 Å². The molecule has 0 aliphatic carbocycles. The van der Waals surface area contributed by atoms with Crippen molar-refractivity contribution in [2.75, 3.05) is 0 Å². The maximum atomic E-state index is 3.40. The van der Waals surface area contributed by atoms with Crippen molar-refractivity contribution in [3.8, 4) is 0 Å². The first-order chi connectivity index (χ1) is 15.1. The van der Waals surface area contributed by atoms with Gasteiger partial charge in [0, 0.05) is 0 Å². The third kappa shape index (κ3) is 20.3. The van der Waals surface area contributed by atoms with Crippen LogP contribution in [0.1, 0.15) is 182 Å². The fourth-order valence-electron chi connectivity index (χ4n) is 5.30. The second-order valence-electron chi connectivity index (χ2n) is 10.7. The van der Waals surface area contributed by atoms with Crippen LogP contribution in [0.15, 0.2) is 0 Å². The van der Waals surface area contributed by atoms with Gasteiger partial charge in [-0.25, -0.2) is 0 Å². The summed E-state index contributed by atoms with van der Waals surface area (Å²) in [6.07, 6.45) is 34.7. The van der Waals surface area contributed by atoms with Crippen molar-refractivity contribution >= 4 is 26.2 Å². The second-order valence-corrected chi connectivity index (χ2v) is 11.8. The van der Waals surface area contributed by atoms with Gasteiger partial charge in [-0.05, 0) is 36.8 Å². The van der Waals surface area contributed by atoms with Gasteiger partial charge in [0.2, 0.25) is 0 Å². The van der Waals surface area contributed by atoms with E-state index in [1.165, 1.54) is 154 Å². The van der Waals surface area contributed by atoms with Crippen LogP contribution in [0, 0.1) is 5.92 Å². The number of rotatable bonds is 25. The molecule has 0 aromatic carbocycles. The van der Waals surface area contributed by atoms with E-state index in [4.69, 9.17) is 0 Å². The van der Waals surface area contributed by atoms with Gasteiger partial charge in [0.05, 0.1) is 0 Å². The highest BCUT2D eigenvalue weighted by Crippen LogP contribution is 2.43. The monoisotopic (exact) mass is 534 g/mol. The predicted molar refractivity (Wildman–Crippen MR) is 160 cm³/mol. The molecule has 0 aliphatic rings. The summed E-state index contributed by atoms with van der Waals surface area (Å²) in [4.78, 5) is 0. The molecule has 0 saturated carbocycles. The number of hydrogen-bond acceptors (Lipinski definition) is 0. The van der Waals surface area contributed by atoms with Gasteiger partial charge in [-0.3, -0.25) is 0 Å². The molecule has 2 heteroatoms. The summed E-state index contributed by atoms with van der Waals surface area (Å²) in [6.45, 7) is 9.40. The molecule has 0 aromatic heterocycles. The molecule has 0 saturated heterocycles. The van der Waals surface area contributed by atoms with Crippen molar-refractivity contribution < 1.29 is 0 Å². The zero-order chi connectivity index (χ0) is 23.0. The van der Waals surface area contributed by atoms with Crippen LogP contribution in [0.3, 0.4) is 0 Å². The lowest BCUT2D eigenvalue weighted by Crippen LogP contribution is -2.32. The number of halogens is 1. The molecule has 0 heterocycles. The minimum absolute atomic E-state index is 0. The van der Waals surface area contributed by atoms with Crippen molar-refractivity contribution in [3.05, 3.63) is 0 Å². The highest BCUT2D eigenvalue weighted by atomic mass is 79.9. The van der Waals surface area contributed by atoms with Crippen molar-refractivity contribution in [2.24, 2.45) is 5.92 Å². The summed E-state index contributed by atoms with van der Waals surface area (Å²) in [6, 6.07) is 0. The Morgan fingerprint density at radius 2 is 0.750 bits per heavy atom. The lowest BCUT2D eigenvalue weighted by atomic mass is 9.77. The van der Waals surface area contributed by atoms with Crippen molar-refractivity contribution in [3.63, 3.8) is 0 Å². The first-order valence-corrected chi connectivity index (χ1v) is 15.5. The fraction of sp³-hybridized carbons (Fsp3) is 1.00. The largest absolute Gasteiger partial charge is 0.131 e. The van der Waals surface area contributed by atoms with E-state index in [0.717, 1.165) is 5.92 Å². The number of hydrogen-bond donors (Lipinski definition) is 0. The molecule has 32 heavy (non-hydrogen) atoms. The molecule has 0 nitrogen and oxygen atoms in total. The maximum absolute atomic E-state index is 3.40. The topological polar surface area (TPSA) is 0 Å². The minimum atomic E-state index is 0. The molecule has 0 amide bonds. The first kappa shape index (κ1) is 35.1. The molecule has 0 aromatic rings. The van der Waals surface area contributed by atoms with Crippen LogP contribution in [-0.4, -0.2) is 5.16 Å². The Balaban J connectivity index is 0. The van der Waals surface area contributed by atoms with Crippen molar-refractivity contribution in [1.29, 1.82) is 0 Å². The van der Waals surface area contributed by atoms with Crippen LogP contribution in [0.4, 0.5) is 0 Å². The summed E-state index contributed by atoms with van der Waals surface area (Å²) in [7, 11) is 3.40. The van der Waals surface area contributed by atoms with Gasteiger partial charge >= 0.3 is 0 Å². The van der Waals surface area contributed by atoms with Gasteiger partial charge in [0.15, 0.2) is 0 Å². The van der Waals surface area contributed by atoms with E-state index in [9.17, 15) is 0 Å². The summed E-state index contributed by atoms with van der Waals surface area (Å²) < 4.78 is 0. The van der Waals surface area contributed by atoms with E-state index in [0.29, 0.717) is 5.16 Å². The highest BCUT2D eigenvalue weighted by molar-refractivity contribution is 8.93. The minimum Gasteiger partial charge on any atom is -0.131 e. The van der Waals surface area contributed by atoms with Gasteiger partial charge in [-0.15, -0.1) is 26.2 Å². The van der Waals surface area contributed by atoms with Crippen LogP contribution in [0.2, 0.25) is 0 Å². The lowest BCUT2D eigenvalue weighted by molar-refractivity contribution is 0.274. The Hall–Kier alpha value is 0.910. The molecule has 0 N–H and O–H groups in total. The van der Waals surface area contributed by atoms with Gasteiger partial charge in [0.1, 0.15) is 0 Å². The van der Waals surface area contributed by atoms with Crippen molar-refractivity contribution in [1.82, 2.24) is 0 Å². The van der Waals surface area contributed by atoms with E-state index in [1.807, 2.05) is 0 Å². The molecule has 196 valence electrons. The lowest BCUT2D eigenvalue weighted by Gasteiger charge is -2.39. The Bertz CT molecular complexity index is 336. The zero-order valence-electron chi connectivity index (χ0n) is 23.0. The normalized spacial score (nSPS) is 12.7. The molecular formula is C30H64BrP. The highest BCUT2D eigenvalue weighted by Gasteiger charge is 2.32. The van der Waals surface area contributed by atoms with Gasteiger partial charge in [0.25, 0.3) is 0 Å². The van der Waals surface area contributed by atoms with Gasteiger partial charge in [-0.2, -0.15) is 0 Å². The third-order valence-corrected chi connectivity index (χ3v) is 8.67. The van der Waals surface area contributed by atoms with E-state index in [2.05, 4.69) is 36.9 Å². The molecule has 2 unspecified atom stereocenters. The average Bonchev–Trinajstić information content (AvgIpc) is 2.78. The molecule has 2 atom stereocenters. The molecule has 0 fully saturated rings. The smallest absolute Gasteiger partial charge is 0.0122 e. The molecule has 0 bridgehead atoms. The summed E-state index contributed by atoms with van der Waals surface area (Å²) in [5.41, 5.74) is 0. The van der Waals surface area contributed by atoms with Crippen LogP contribution >= 0.6 is 26.2 Å². The molecule has 0 rings (SSSR count). The molecule has 0 spiro atoms.